The van der Waals surface area contributed by atoms with Gasteiger partial charge in [-0.1, -0.05) is 26.0 Å². The fraction of sp³-hybridized carbons (Fsp3) is 0.565. The molecule has 0 atom stereocenters. The van der Waals surface area contributed by atoms with E-state index in [0.29, 0.717) is 31.5 Å². The molecule has 0 spiro atoms. The predicted octanol–water partition coefficient (Wildman–Crippen LogP) is 3.62. The van der Waals surface area contributed by atoms with Crippen LogP contribution in [-0.2, 0) is 22.5 Å². The Bertz CT molecular complexity index is 802. The van der Waals surface area contributed by atoms with Crippen LogP contribution in [0.5, 0.6) is 5.75 Å². The molecule has 1 N–H and O–H groups in total. The Labute approximate surface area is 183 Å². The number of thiazole rings is 1. The molecule has 1 amide bonds. The van der Waals surface area contributed by atoms with Crippen molar-refractivity contribution in [1.29, 1.82) is 0 Å². The number of carbonyl (C=O) groups is 1. The fourth-order valence-corrected chi connectivity index (χ4v) is 4.29. The zero-order valence-electron chi connectivity index (χ0n) is 18.2. The van der Waals surface area contributed by atoms with Crippen LogP contribution in [0.1, 0.15) is 48.9 Å². The van der Waals surface area contributed by atoms with E-state index in [-0.39, 0.29) is 5.91 Å². The lowest BCUT2D eigenvalue weighted by Gasteiger charge is -2.31. The second kappa shape index (κ2) is 11.4. The number of likely N-dealkylation sites (N-methyl/N-ethyl adjacent to an activating group) is 1. The van der Waals surface area contributed by atoms with E-state index >= 15 is 0 Å². The van der Waals surface area contributed by atoms with E-state index in [1.54, 1.807) is 11.3 Å². The number of hydrogen-bond donors (Lipinski definition) is 1. The molecule has 1 aliphatic rings. The van der Waals surface area contributed by atoms with E-state index in [4.69, 9.17) is 9.47 Å². The topological polar surface area (TPSA) is 63.7 Å². The summed E-state index contributed by atoms with van der Waals surface area (Å²) in [5.41, 5.74) is 1.87. The molecule has 1 fully saturated rings. The van der Waals surface area contributed by atoms with Crippen molar-refractivity contribution >= 4 is 17.2 Å². The first-order chi connectivity index (χ1) is 14.5. The number of nitrogens with one attached hydrogen (secondary N) is 1. The van der Waals surface area contributed by atoms with Crippen molar-refractivity contribution in [2.24, 2.45) is 0 Å². The molecule has 0 radical (unpaired) electrons. The fourth-order valence-electron chi connectivity index (χ4n) is 3.46. The zero-order chi connectivity index (χ0) is 21.3. The number of ether oxygens (including phenoxy) is 2. The molecule has 1 saturated heterocycles. The zero-order valence-corrected chi connectivity index (χ0v) is 19.0. The van der Waals surface area contributed by atoms with E-state index in [9.17, 15) is 4.79 Å². The molecule has 0 unspecified atom stereocenters. The van der Waals surface area contributed by atoms with Gasteiger partial charge in [0.1, 0.15) is 12.4 Å². The molecule has 3 rings (SSSR count). The van der Waals surface area contributed by atoms with Gasteiger partial charge in [0.2, 0.25) is 5.91 Å². The van der Waals surface area contributed by atoms with Crippen LogP contribution in [0.3, 0.4) is 0 Å². The van der Waals surface area contributed by atoms with Gasteiger partial charge >= 0.3 is 0 Å². The highest BCUT2D eigenvalue weighted by Crippen LogP contribution is 2.19. The van der Waals surface area contributed by atoms with Crippen LogP contribution in [0, 0.1) is 0 Å². The highest BCUT2D eigenvalue weighted by molar-refractivity contribution is 7.09. The maximum absolute atomic E-state index is 12.3. The van der Waals surface area contributed by atoms with Crippen LogP contribution in [0.15, 0.2) is 29.6 Å². The lowest BCUT2D eigenvalue weighted by atomic mass is 10.1. The van der Waals surface area contributed by atoms with Crippen molar-refractivity contribution in [2.45, 2.75) is 51.6 Å². The Kier molecular flexibility index (Phi) is 8.66. The van der Waals surface area contributed by atoms with Gasteiger partial charge in [0.25, 0.3) is 0 Å². The van der Waals surface area contributed by atoms with Crippen LogP contribution in [0.25, 0.3) is 0 Å². The molecule has 1 aromatic carbocycles. The average molecular weight is 432 g/mol. The first-order valence-corrected chi connectivity index (χ1v) is 11.6. The van der Waals surface area contributed by atoms with Crippen LogP contribution in [0.4, 0.5) is 0 Å². The molecule has 7 heteroatoms. The molecule has 0 bridgehead atoms. The Morgan fingerprint density at radius 3 is 2.90 bits per heavy atom. The largest absolute Gasteiger partial charge is 0.492 e. The third-order valence-corrected chi connectivity index (χ3v) is 6.51. The summed E-state index contributed by atoms with van der Waals surface area (Å²) in [5, 5.41) is 6.03. The molecule has 30 heavy (non-hydrogen) atoms. The van der Waals surface area contributed by atoms with E-state index in [2.05, 4.69) is 36.1 Å². The Hall–Kier alpha value is -1.96. The number of nitrogens with zero attached hydrogens (tertiary/aromatic N) is 2. The maximum Gasteiger partial charge on any atom is 0.226 e. The summed E-state index contributed by atoms with van der Waals surface area (Å²) < 4.78 is 11.4. The third kappa shape index (κ3) is 7.07. The van der Waals surface area contributed by atoms with Gasteiger partial charge in [-0.25, -0.2) is 4.98 Å². The third-order valence-electron chi connectivity index (χ3n) is 5.32. The van der Waals surface area contributed by atoms with Gasteiger partial charge in [-0.05, 0) is 37.6 Å². The summed E-state index contributed by atoms with van der Waals surface area (Å²) in [6.45, 7) is 7.94. The molecule has 1 aromatic heterocycles. The predicted molar refractivity (Wildman–Crippen MR) is 120 cm³/mol. The summed E-state index contributed by atoms with van der Waals surface area (Å²) >= 11 is 1.62. The molecule has 2 heterocycles. The Morgan fingerprint density at radius 2 is 2.17 bits per heavy atom. The summed E-state index contributed by atoms with van der Waals surface area (Å²) in [5.74, 6) is 1.22. The van der Waals surface area contributed by atoms with Crippen molar-refractivity contribution in [2.75, 3.05) is 33.4 Å². The van der Waals surface area contributed by atoms with Crippen molar-refractivity contribution in [1.82, 2.24) is 15.2 Å². The Balaban J connectivity index is 1.40. The highest BCUT2D eigenvalue weighted by atomic mass is 32.1. The molecule has 0 saturated carbocycles. The van der Waals surface area contributed by atoms with Gasteiger partial charge < -0.3 is 14.8 Å². The molecule has 1 aliphatic heterocycles. The molecule has 2 aromatic rings. The first-order valence-electron chi connectivity index (χ1n) is 10.7. The van der Waals surface area contributed by atoms with Crippen LogP contribution in [-0.4, -0.2) is 55.2 Å². The van der Waals surface area contributed by atoms with Crippen molar-refractivity contribution in [3.8, 4) is 5.75 Å². The minimum absolute atomic E-state index is 0.0139. The van der Waals surface area contributed by atoms with E-state index in [1.807, 2.05) is 29.6 Å². The van der Waals surface area contributed by atoms with E-state index in [1.165, 1.54) is 0 Å². The molecular formula is C23H33N3O3S. The normalized spacial score (nSPS) is 15.0. The van der Waals surface area contributed by atoms with Crippen LogP contribution < -0.4 is 10.1 Å². The number of carbonyl (C=O) groups excluding carboxylic acids is 1. The molecule has 164 valence electrons. The standard InChI is InChI=1S/C23H33N3O3S/c1-17(2)23-25-19(16-30-23)14-22(27)24-15-18-5-4-6-21(13-18)29-12-9-26(3)20-7-10-28-11-8-20/h4-6,13,16-17,20H,7-12,14-15H2,1-3H3,(H,24,27). The smallest absolute Gasteiger partial charge is 0.226 e. The minimum Gasteiger partial charge on any atom is -0.492 e. The van der Waals surface area contributed by atoms with Gasteiger partial charge in [-0.3, -0.25) is 9.69 Å². The lowest BCUT2D eigenvalue weighted by Crippen LogP contribution is -2.38. The van der Waals surface area contributed by atoms with Crippen molar-refractivity contribution in [3.05, 3.63) is 45.9 Å². The number of aromatic nitrogens is 1. The van der Waals surface area contributed by atoms with Gasteiger partial charge in [-0.15, -0.1) is 11.3 Å². The van der Waals surface area contributed by atoms with Crippen LogP contribution >= 0.6 is 11.3 Å². The number of amides is 1. The van der Waals surface area contributed by atoms with Crippen molar-refractivity contribution in [3.63, 3.8) is 0 Å². The highest BCUT2D eigenvalue weighted by Gasteiger charge is 2.18. The molecular weight excluding hydrogens is 398 g/mol. The molecule has 0 aliphatic carbocycles. The van der Waals surface area contributed by atoms with Gasteiger partial charge in [0, 0.05) is 43.6 Å². The monoisotopic (exact) mass is 431 g/mol. The summed E-state index contributed by atoms with van der Waals surface area (Å²) in [6.07, 6.45) is 2.49. The van der Waals surface area contributed by atoms with Gasteiger partial charge in [0.05, 0.1) is 17.1 Å². The van der Waals surface area contributed by atoms with Crippen LogP contribution in [0.2, 0.25) is 0 Å². The second-order valence-corrected chi connectivity index (χ2v) is 8.99. The number of benzene rings is 1. The average Bonchev–Trinajstić information content (AvgIpc) is 3.22. The first kappa shape index (κ1) is 22.7. The summed E-state index contributed by atoms with van der Waals surface area (Å²) in [4.78, 5) is 19.1. The van der Waals surface area contributed by atoms with Crippen molar-refractivity contribution < 1.29 is 14.3 Å². The summed E-state index contributed by atoms with van der Waals surface area (Å²) in [6, 6.07) is 8.50. The summed E-state index contributed by atoms with van der Waals surface area (Å²) in [7, 11) is 2.15. The SMILES string of the molecule is CC(C)c1nc(CC(=O)NCc2cccc(OCCN(C)C3CCOCC3)c2)cs1. The maximum atomic E-state index is 12.3. The molecule has 6 nitrogen and oxygen atoms in total. The number of hydrogen-bond acceptors (Lipinski definition) is 6. The quantitative estimate of drug-likeness (QED) is 0.623. The Morgan fingerprint density at radius 1 is 1.37 bits per heavy atom. The lowest BCUT2D eigenvalue weighted by molar-refractivity contribution is -0.120. The van der Waals surface area contributed by atoms with Gasteiger partial charge in [-0.2, -0.15) is 0 Å². The van der Waals surface area contributed by atoms with E-state index in [0.717, 1.165) is 54.6 Å². The second-order valence-electron chi connectivity index (χ2n) is 8.11. The van der Waals surface area contributed by atoms with E-state index < -0.39 is 0 Å². The minimum atomic E-state index is -0.0139. The number of rotatable bonds is 10. The van der Waals surface area contributed by atoms with Gasteiger partial charge in [0.15, 0.2) is 0 Å².